The van der Waals surface area contributed by atoms with Crippen molar-refractivity contribution in [2.75, 3.05) is 46.0 Å². The monoisotopic (exact) mass is 357 g/mol. The lowest BCUT2D eigenvalue weighted by molar-refractivity contribution is -0.0127. The molecule has 0 N–H and O–H groups in total. The summed E-state index contributed by atoms with van der Waals surface area (Å²) in [5, 5.41) is 0. The summed E-state index contributed by atoms with van der Waals surface area (Å²) < 4.78 is 39.1. The van der Waals surface area contributed by atoms with Crippen LogP contribution in [0.3, 0.4) is 0 Å². The summed E-state index contributed by atoms with van der Waals surface area (Å²) >= 11 is 0. The van der Waals surface area contributed by atoms with E-state index in [2.05, 4.69) is 0 Å². The van der Waals surface area contributed by atoms with E-state index in [4.69, 9.17) is 9.47 Å². The molecular formula is C15H23N3O5S. The second-order valence-electron chi connectivity index (χ2n) is 6.12. The van der Waals surface area contributed by atoms with Gasteiger partial charge in [0.05, 0.1) is 25.9 Å². The lowest BCUT2D eigenvalue weighted by atomic mass is 10.2. The molecule has 1 amide bonds. The molecular weight excluding hydrogens is 334 g/mol. The van der Waals surface area contributed by atoms with Crippen molar-refractivity contribution in [3.05, 3.63) is 18.0 Å². The van der Waals surface area contributed by atoms with Gasteiger partial charge in [0, 0.05) is 39.4 Å². The Morgan fingerprint density at radius 2 is 1.92 bits per heavy atom. The third-order valence-corrected chi connectivity index (χ3v) is 6.20. The molecule has 0 bridgehead atoms. The van der Waals surface area contributed by atoms with E-state index in [0.717, 1.165) is 0 Å². The molecule has 24 heavy (non-hydrogen) atoms. The number of hydrogen-bond acceptors (Lipinski definition) is 5. The molecule has 8 nitrogen and oxygen atoms in total. The number of carbonyl (C=O) groups is 1. The highest BCUT2D eigenvalue weighted by atomic mass is 32.2. The molecule has 134 valence electrons. The first-order chi connectivity index (χ1) is 11.4. The van der Waals surface area contributed by atoms with E-state index >= 15 is 0 Å². The molecule has 2 fully saturated rings. The van der Waals surface area contributed by atoms with Crippen LogP contribution in [0.1, 0.15) is 17.4 Å². The number of morpholine rings is 2. The number of amides is 1. The summed E-state index contributed by atoms with van der Waals surface area (Å²) in [6.07, 6.45) is 1.49. The lowest BCUT2D eigenvalue weighted by Gasteiger charge is -2.31. The molecule has 3 rings (SSSR count). The topological polar surface area (TPSA) is 81.1 Å². The van der Waals surface area contributed by atoms with Gasteiger partial charge in [-0.3, -0.25) is 4.79 Å². The summed E-state index contributed by atoms with van der Waals surface area (Å²) in [7, 11) is -1.91. The van der Waals surface area contributed by atoms with Gasteiger partial charge < -0.3 is 18.9 Å². The van der Waals surface area contributed by atoms with Crippen LogP contribution >= 0.6 is 0 Å². The highest BCUT2D eigenvalue weighted by molar-refractivity contribution is 7.89. The molecule has 9 heteroatoms. The van der Waals surface area contributed by atoms with Gasteiger partial charge in [-0.1, -0.05) is 0 Å². The van der Waals surface area contributed by atoms with E-state index < -0.39 is 10.0 Å². The van der Waals surface area contributed by atoms with E-state index in [1.807, 2.05) is 6.92 Å². The predicted octanol–water partition coefficient (Wildman–Crippen LogP) is -0.0931. The number of aryl methyl sites for hydroxylation is 1. The zero-order chi connectivity index (χ0) is 17.3. The van der Waals surface area contributed by atoms with E-state index in [1.54, 1.807) is 16.5 Å². The van der Waals surface area contributed by atoms with Gasteiger partial charge in [0.2, 0.25) is 10.0 Å². The van der Waals surface area contributed by atoms with Gasteiger partial charge in [-0.2, -0.15) is 4.31 Å². The Hall–Kier alpha value is -1.42. The average molecular weight is 357 g/mol. The van der Waals surface area contributed by atoms with Crippen molar-refractivity contribution in [1.29, 1.82) is 0 Å². The van der Waals surface area contributed by atoms with E-state index in [-0.39, 0.29) is 16.9 Å². The Morgan fingerprint density at radius 3 is 2.58 bits per heavy atom. The average Bonchev–Trinajstić information content (AvgIpc) is 2.97. The number of carbonyl (C=O) groups excluding carboxylic acids is 1. The number of sulfonamides is 1. The second kappa shape index (κ2) is 6.83. The summed E-state index contributed by atoms with van der Waals surface area (Å²) in [6, 6.07) is 1.47. The van der Waals surface area contributed by atoms with Gasteiger partial charge in [0.15, 0.2) is 0 Å². The Morgan fingerprint density at radius 1 is 1.21 bits per heavy atom. The van der Waals surface area contributed by atoms with Crippen LogP contribution in [0.4, 0.5) is 0 Å². The third-order valence-electron chi connectivity index (χ3n) is 4.34. The largest absolute Gasteiger partial charge is 0.379 e. The maximum absolute atomic E-state index is 12.7. The van der Waals surface area contributed by atoms with Crippen molar-refractivity contribution >= 4 is 15.9 Å². The Labute approximate surface area is 142 Å². The molecule has 0 spiro atoms. The van der Waals surface area contributed by atoms with Gasteiger partial charge in [-0.05, 0) is 13.0 Å². The highest BCUT2D eigenvalue weighted by Crippen LogP contribution is 2.21. The number of ether oxygens (including phenoxy) is 2. The van der Waals surface area contributed by atoms with E-state index in [0.29, 0.717) is 51.7 Å². The number of aromatic nitrogens is 1. The van der Waals surface area contributed by atoms with Crippen LogP contribution in [-0.4, -0.2) is 80.2 Å². The molecule has 1 aromatic rings. The maximum atomic E-state index is 12.7. The Kier molecular flexibility index (Phi) is 4.95. The molecule has 0 saturated carbocycles. The van der Waals surface area contributed by atoms with Crippen LogP contribution in [0.15, 0.2) is 17.2 Å². The van der Waals surface area contributed by atoms with E-state index in [1.165, 1.54) is 16.6 Å². The standard InChI is InChI=1S/C15H23N3O5S/c1-12-10-17(3-8-23-12)15(19)14-9-13(11-16(14)2)24(20,21)18-4-6-22-7-5-18/h9,11-12H,3-8,10H2,1-2H3/t12-/m0/s1. The summed E-state index contributed by atoms with van der Waals surface area (Å²) in [5.74, 6) is -0.170. The summed E-state index contributed by atoms with van der Waals surface area (Å²) in [4.78, 5) is 14.6. The Bertz CT molecular complexity index is 709. The van der Waals surface area contributed by atoms with Crippen LogP contribution in [-0.2, 0) is 26.5 Å². The number of hydrogen-bond donors (Lipinski definition) is 0. The zero-order valence-corrected chi connectivity index (χ0v) is 14.8. The van der Waals surface area contributed by atoms with E-state index in [9.17, 15) is 13.2 Å². The highest BCUT2D eigenvalue weighted by Gasteiger charge is 2.30. The molecule has 1 atom stereocenters. The fraction of sp³-hybridized carbons (Fsp3) is 0.667. The summed E-state index contributed by atoms with van der Waals surface area (Å²) in [5.41, 5.74) is 0.371. The van der Waals surface area contributed by atoms with Crippen LogP contribution in [0.2, 0.25) is 0 Å². The number of rotatable bonds is 3. The van der Waals surface area contributed by atoms with Crippen molar-refractivity contribution in [3.63, 3.8) is 0 Å². The van der Waals surface area contributed by atoms with Gasteiger partial charge in [-0.15, -0.1) is 0 Å². The van der Waals surface area contributed by atoms with Gasteiger partial charge in [0.1, 0.15) is 10.6 Å². The van der Waals surface area contributed by atoms with Gasteiger partial charge in [-0.25, -0.2) is 8.42 Å². The molecule has 0 radical (unpaired) electrons. The van der Waals surface area contributed by atoms with Gasteiger partial charge >= 0.3 is 0 Å². The molecule has 1 aromatic heterocycles. The molecule has 0 aromatic carbocycles. The van der Waals surface area contributed by atoms with Crippen LogP contribution < -0.4 is 0 Å². The molecule has 0 aliphatic carbocycles. The molecule has 2 aliphatic heterocycles. The van der Waals surface area contributed by atoms with Crippen molar-refractivity contribution in [1.82, 2.24) is 13.8 Å². The van der Waals surface area contributed by atoms with Crippen LogP contribution in [0.5, 0.6) is 0 Å². The van der Waals surface area contributed by atoms with Crippen molar-refractivity contribution in [2.45, 2.75) is 17.9 Å². The maximum Gasteiger partial charge on any atom is 0.270 e. The minimum absolute atomic E-state index is 0.0143. The smallest absolute Gasteiger partial charge is 0.270 e. The second-order valence-corrected chi connectivity index (χ2v) is 8.06. The fourth-order valence-electron chi connectivity index (χ4n) is 2.99. The van der Waals surface area contributed by atoms with Crippen LogP contribution in [0, 0.1) is 0 Å². The van der Waals surface area contributed by atoms with Crippen molar-refractivity contribution < 1.29 is 22.7 Å². The molecule has 2 aliphatic rings. The third kappa shape index (κ3) is 3.34. The minimum atomic E-state index is -3.60. The molecule has 2 saturated heterocycles. The lowest BCUT2D eigenvalue weighted by Crippen LogP contribution is -2.45. The molecule has 3 heterocycles. The Balaban J connectivity index is 1.83. The van der Waals surface area contributed by atoms with Crippen molar-refractivity contribution in [2.24, 2.45) is 7.05 Å². The quantitative estimate of drug-likeness (QED) is 0.755. The predicted molar refractivity (Wildman–Crippen MR) is 86.3 cm³/mol. The first-order valence-corrected chi connectivity index (χ1v) is 9.49. The molecule has 0 unspecified atom stereocenters. The first kappa shape index (κ1) is 17.4. The van der Waals surface area contributed by atoms with Crippen molar-refractivity contribution in [3.8, 4) is 0 Å². The number of nitrogens with zero attached hydrogens (tertiary/aromatic N) is 3. The normalized spacial score (nSPS) is 23.4. The minimum Gasteiger partial charge on any atom is -0.379 e. The van der Waals surface area contributed by atoms with Crippen LogP contribution in [0.25, 0.3) is 0 Å². The first-order valence-electron chi connectivity index (χ1n) is 8.05. The summed E-state index contributed by atoms with van der Waals surface area (Å²) in [6.45, 7) is 4.89. The fourth-order valence-corrected chi connectivity index (χ4v) is 4.47. The SMILES string of the molecule is C[C@H]1CN(C(=O)c2cc(S(=O)(=O)N3CCOCC3)cn2C)CCO1. The van der Waals surface area contributed by atoms with Gasteiger partial charge in [0.25, 0.3) is 5.91 Å². The zero-order valence-electron chi connectivity index (χ0n) is 14.0.